The fraction of sp³-hybridized carbons (Fsp3) is 0.375. The Morgan fingerprint density at radius 1 is 1.25 bits per heavy atom. The molecule has 0 atom stereocenters. The molecule has 1 N–H and O–H groups in total. The van der Waals surface area contributed by atoms with Crippen LogP contribution in [0.5, 0.6) is 0 Å². The summed E-state index contributed by atoms with van der Waals surface area (Å²) in [5, 5.41) is 6.92. The number of carbonyl (C=O) groups is 1. The quantitative estimate of drug-likeness (QED) is 0.877. The van der Waals surface area contributed by atoms with Crippen LogP contribution < -0.4 is 5.32 Å². The van der Waals surface area contributed by atoms with Gasteiger partial charge in [0.2, 0.25) is 5.91 Å². The number of nitrogens with one attached hydrogen (secondary N) is 1. The van der Waals surface area contributed by atoms with Crippen molar-refractivity contribution in [3.05, 3.63) is 42.2 Å². The number of nitrogens with zero attached hydrogens (tertiary/aromatic N) is 1. The summed E-state index contributed by atoms with van der Waals surface area (Å²) in [7, 11) is 0. The fourth-order valence-electron chi connectivity index (χ4n) is 2.12. The lowest BCUT2D eigenvalue weighted by Gasteiger charge is -2.11. The zero-order valence-electron chi connectivity index (χ0n) is 11.9. The summed E-state index contributed by atoms with van der Waals surface area (Å²) < 4.78 is 5.25. The van der Waals surface area contributed by atoms with E-state index in [1.54, 1.807) is 0 Å². The van der Waals surface area contributed by atoms with E-state index < -0.39 is 0 Å². The van der Waals surface area contributed by atoms with E-state index in [0.717, 1.165) is 24.1 Å². The number of rotatable bonds is 6. The molecule has 0 aliphatic heterocycles. The van der Waals surface area contributed by atoms with Gasteiger partial charge in [-0.05, 0) is 12.8 Å². The molecule has 2 rings (SSSR count). The molecule has 4 nitrogen and oxygen atoms in total. The van der Waals surface area contributed by atoms with Gasteiger partial charge in [-0.1, -0.05) is 49.3 Å². The molecule has 2 aromatic rings. The van der Waals surface area contributed by atoms with Gasteiger partial charge in [0, 0.05) is 17.5 Å². The zero-order valence-corrected chi connectivity index (χ0v) is 11.9. The summed E-state index contributed by atoms with van der Waals surface area (Å²) in [6.07, 6.45) is 1.71. The number of amides is 1. The molecule has 0 spiro atoms. The molecule has 1 heterocycles. The minimum absolute atomic E-state index is 0.0755. The first-order valence-corrected chi connectivity index (χ1v) is 7.03. The van der Waals surface area contributed by atoms with Crippen LogP contribution in [0.15, 0.2) is 40.9 Å². The van der Waals surface area contributed by atoms with E-state index in [9.17, 15) is 4.79 Å². The molecule has 106 valence electrons. The lowest BCUT2D eigenvalue weighted by molar-refractivity contribution is -0.125. The van der Waals surface area contributed by atoms with Gasteiger partial charge >= 0.3 is 0 Å². The van der Waals surface area contributed by atoms with Crippen LogP contribution in [0.1, 0.15) is 32.4 Å². The Hall–Kier alpha value is -2.10. The van der Waals surface area contributed by atoms with Crippen molar-refractivity contribution in [3.8, 4) is 11.3 Å². The number of aromatic nitrogens is 1. The third kappa shape index (κ3) is 3.47. The van der Waals surface area contributed by atoms with Crippen LogP contribution in [0.25, 0.3) is 11.3 Å². The van der Waals surface area contributed by atoms with Crippen molar-refractivity contribution in [1.82, 2.24) is 10.5 Å². The Labute approximate surface area is 119 Å². The van der Waals surface area contributed by atoms with E-state index in [4.69, 9.17) is 4.52 Å². The maximum absolute atomic E-state index is 11.9. The molecule has 1 aromatic carbocycles. The van der Waals surface area contributed by atoms with E-state index in [-0.39, 0.29) is 11.8 Å². The number of carbonyl (C=O) groups excluding carboxylic acids is 1. The molecule has 4 heteroatoms. The first-order valence-electron chi connectivity index (χ1n) is 7.03. The van der Waals surface area contributed by atoms with Gasteiger partial charge < -0.3 is 9.84 Å². The predicted octanol–water partition coefficient (Wildman–Crippen LogP) is 3.39. The third-order valence-electron chi connectivity index (χ3n) is 3.42. The molecule has 0 bridgehead atoms. The fourth-order valence-corrected chi connectivity index (χ4v) is 2.12. The van der Waals surface area contributed by atoms with Gasteiger partial charge in [-0.25, -0.2) is 0 Å². The highest BCUT2D eigenvalue weighted by Gasteiger charge is 2.14. The van der Waals surface area contributed by atoms with Gasteiger partial charge in [0.25, 0.3) is 0 Å². The SMILES string of the molecule is CCC(CC)C(=O)NCc1cc(-c2ccccc2)no1. The number of hydrogen-bond donors (Lipinski definition) is 1. The van der Waals surface area contributed by atoms with Crippen molar-refractivity contribution < 1.29 is 9.32 Å². The second-order valence-corrected chi connectivity index (χ2v) is 4.78. The Bertz CT molecular complexity index is 545. The second-order valence-electron chi connectivity index (χ2n) is 4.78. The van der Waals surface area contributed by atoms with Crippen molar-refractivity contribution >= 4 is 5.91 Å². The Balaban J connectivity index is 1.95. The summed E-state index contributed by atoms with van der Waals surface area (Å²) in [5.41, 5.74) is 1.80. The monoisotopic (exact) mass is 272 g/mol. The number of hydrogen-bond acceptors (Lipinski definition) is 3. The van der Waals surface area contributed by atoms with E-state index >= 15 is 0 Å². The van der Waals surface area contributed by atoms with Crippen LogP contribution in [0, 0.1) is 5.92 Å². The highest BCUT2D eigenvalue weighted by atomic mass is 16.5. The molecule has 1 aromatic heterocycles. The summed E-state index contributed by atoms with van der Waals surface area (Å²) in [5.74, 6) is 0.822. The van der Waals surface area contributed by atoms with Crippen molar-refractivity contribution in [2.45, 2.75) is 33.2 Å². The first kappa shape index (κ1) is 14.3. The molecule has 0 fully saturated rings. The standard InChI is InChI=1S/C16H20N2O2/c1-3-12(4-2)16(19)17-11-14-10-15(18-20-14)13-8-6-5-7-9-13/h5-10,12H,3-4,11H2,1-2H3,(H,17,19). The van der Waals surface area contributed by atoms with Gasteiger partial charge in [0.15, 0.2) is 5.76 Å². The topological polar surface area (TPSA) is 55.1 Å². The van der Waals surface area contributed by atoms with Crippen LogP contribution in [0.4, 0.5) is 0 Å². The van der Waals surface area contributed by atoms with Gasteiger partial charge in [-0.15, -0.1) is 0 Å². The lowest BCUT2D eigenvalue weighted by atomic mass is 10.0. The Kier molecular flexibility index (Phi) is 4.93. The van der Waals surface area contributed by atoms with Crippen molar-refractivity contribution in [1.29, 1.82) is 0 Å². The van der Waals surface area contributed by atoms with Crippen LogP contribution in [-0.4, -0.2) is 11.1 Å². The molecular weight excluding hydrogens is 252 g/mol. The molecule has 0 unspecified atom stereocenters. The van der Waals surface area contributed by atoms with Gasteiger partial charge in [-0.2, -0.15) is 0 Å². The smallest absolute Gasteiger partial charge is 0.223 e. The van der Waals surface area contributed by atoms with Gasteiger partial charge in [0.05, 0.1) is 6.54 Å². The van der Waals surface area contributed by atoms with Crippen molar-refractivity contribution in [3.63, 3.8) is 0 Å². The van der Waals surface area contributed by atoms with Crippen molar-refractivity contribution in [2.75, 3.05) is 0 Å². The van der Waals surface area contributed by atoms with Gasteiger partial charge in [0.1, 0.15) is 5.69 Å². The molecule has 0 saturated heterocycles. The molecule has 0 saturated carbocycles. The zero-order chi connectivity index (χ0) is 14.4. The summed E-state index contributed by atoms with van der Waals surface area (Å²) in [4.78, 5) is 11.9. The summed E-state index contributed by atoms with van der Waals surface area (Å²) >= 11 is 0. The van der Waals surface area contributed by atoms with E-state index in [1.807, 2.05) is 50.2 Å². The maximum atomic E-state index is 11.9. The van der Waals surface area contributed by atoms with Crippen molar-refractivity contribution in [2.24, 2.45) is 5.92 Å². The minimum atomic E-state index is 0.0755. The van der Waals surface area contributed by atoms with E-state index in [0.29, 0.717) is 12.3 Å². The molecule has 0 aliphatic carbocycles. The number of benzene rings is 1. The normalized spacial score (nSPS) is 10.8. The van der Waals surface area contributed by atoms with Crippen LogP contribution in [0.2, 0.25) is 0 Å². The van der Waals surface area contributed by atoms with Crippen LogP contribution >= 0.6 is 0 Å². The highest BCUT2D eigenvalue weighted by Crippen LogP contribution is 2.18. The predicted molar refractivity (Wildman–Crippen MR) is 77.9 cm³/mol. The van der Waals surface area contributed by atoms with Gasteiger partial charge in [-0.3, -0.25) is 4.79 Å². The average molecular weight is 272 g/mol. The second kappa shape index (κ2) is 6.89. The summed E-state index contributed by atoms with van der Waals surface area (Å²) in [6.45, 7) is 4.43. The molecule has 0 aliphatic rings. The minimum Gasteiger partial charge on any atom is -0.359 e. The Morgan fingerprint density at radius 3 is 2.60 bits per heavy atom. The molecule has 0 radical (unpaired) electrons. The third-order valence-corrected chi connectivity index (χ3v) is 3.42. The lowest BCUT2D eigenvalue weighted by Crippen LogP contribution is -2.29. The van der Waals surface area contributed by atoms with Crippen LogP contribution in [-0.2, 0) is 11.3 Å². The Morgan fingerprint density at radius 2 is 1.95 bits per heavy atom. The van der Waals surface area contributed by atoms with E-state index in [1.165, 1.54) is 0 Å². The molecule has 20 heavy (non-hydrogen) atoms. The van der Waals surface area contributed by atoms with E-state index in [2.05, 4.69) is 10.5 Å². The summed E-state index contributed by atoms with van der Waals surface area (Å²) in [6, 6.07) is 11.7. The maximum Gasteiger partial charge on any atom is 0.223 e. The first-order chi connectivity index (χ1) is 9.74. The van der Waals surface area contributed by atoms with Crippen LogP contribution in [0.3, 0.4) is 0 Å². The molecule has 1 amide bonds. The largest absolute Gasteiger partial charge is 0.359 e. The molecular formula is C16H20N2O2. The average Bonchev–Trinajstić information content (AvgIpc) is 2.96. The highest BCUT2D eigenvalue weighted by molar-refractivity contribution is 5.78.